The molecule has 1 aromatic carbocycles. The molecule has 0 bridgehead atoms. The number of aromatic nitrogens is 1. The number of hydrogen-bond donors (Lipinski definition) is 1. The van der Waals surface area contributed by atoms with Gasteiger partial charge >= 0.3 is 0 Å². The molecule has 0 radical (unpaired) electrons. The van der Waals surface area contributed by atoms with Crippen LogP contribution in [0.4, 0.5) is 4.39 Å². The number of likely N-dealkylation sites (tertiary alicyclic amines) is 1. The van der Waals surface area contributed by atoms with Crippen LogP contribution in [0.3, 0.4) is 0 Å². The van der Waals surface area contributed by atoms with E-state index in [9.17, 15) is 14.0 Å². The number of rotatable bonds is 4. The van der Waals surface area contributed by atoms with Crippen LogP contribution in [0.15, 0.2) is 42.5 Å². The highest BCUT2D eigenvalue weighted by molar-refractivity contribution is 5.96. The van der Waals surface area contributed by atoms with Crippen LogP contribution in [0.1, 0.15) is 52.2 Å². The van der Waals surface area contributed by atoms with E-state index < -0.39 is 0 Å². The first-order valence-corrected chi connectivity index (χ1v) is 8.92. The molecule has 0 spiro atoms. The van der Waals surface area contributed by atoms with Gasteiger partial charge in [-0.3, -0.25) is 9.59 Å². The fourth-order valence-electron chi connectivity index (χ4n) is 2.99. The van der Waals surface area contributed by atoms with Gasteiger partial charge in [-0.05, 0) is 42.7 Å². The Bertz CT molecular complexity index is 769. The van der Waals surface area contributed by atoms with E-state index in [1.54, 1.807) is 30.3 Å². The van der Waals surface area contributed by atoms with Crippen molar-refractivity contribution in [2.45, 2.75) is 32.2 Å². The summed E-state index contributed by atoms with van der Waals surface area (Å²) in [5.41, 5.74) is 1.28. The molecule has 6 heteroatoms. The highest BCUT2D eigenvalue weighted by atomic mass is 19.1. The van der Waals surface area contributed by atoms with Gasteiger partial charge in [0.2, 0.25) is 0 Å². The van der Waals surface area contributed by atoms with Crippen molar-refractivity contribution in [1.29, 1.82) is 0 Å². The predicted octanol–water partition coefficient (Wildman–Crippen LogP) is 3.17. The molecule has 0 unspecified atom stereocenters. The maximum Gasteiger partial charge on any atom is 0.272 e. The summed E-state index contributed by atoms with van der Waals surface area (Å²) in [6.07, 6.45) is 4.29. The fraction of sp³-hybridized carbons (Fsp3) is 0.350. The summed E-state index contributed by atoms with van der Waals surface area (Å²) >= 11 is 0. The van der Waals surface area contributed by atoms with Crippen molar-refractivity contribution in [1.82, 2.24) is 15.2 Å². The molecule has 0 aliphatic carbocycles. The SMILES string of the molecule is O=C(NCc1ccc(F)cc1)c1cccc(C(=O)N2CCCCCC2)n1. The second-order valence-corrected chi connectivity index (χ2v) is 6.42. The lowest BCUT2D eigenvalue weighted by molar-refractivity contribution is 0.0755. The summed E-state index contributed by atoms with van der Waals surface area (Å²) in [7, 11) is 0. The minimum Gasteiger partial charge on any atom is -0.347 e. The normalized spacial score (nSPS) is 14.6. The summed E-state index contributed by atoms with van der Waals surface area (Å²) in [5.74, 6) is -0.804. The van der Waals surface area contributed by atoms with Gasteiger partial charge in [0, 0.05) is 19.6 Å². The van der Waals surface area contributed by atoms with Crippen LogP contribution in [0, 0.1) is 5.82 Å². The van der Waals surface area contributed by atoms with Gasteiger partial charge in [-0.25, -0.2) is 9.37 Å². The van der Waals surface area contributed by atoms with Crippen LogP contribution < -0.4 is 5.32 Å². The first-order valence-electron chi connectivity index (χ1n) is 8.92. The molecule has 2 amide bonds. The Kier molecular flexibility index (Phi) is 5.94. The zero-order chi connectivity index (χ0) is 18.4. The molecule has 1 aromatic heterocycles. The number of carbonyl (C=O) groups is 2. The number of benzene rings is 1. The minimum absolute atomic E-state index is 0.125. The molecule has 1 aliphatic heterocycles. The van der Waals surface area contributed by atoms with Gasteiger partial charge in [-0.2, -0.15) is 0 Å². The Labute approximate surface area is 152 Å². The average molecular weight is 355 g/mol. The molecule has 2 aromatic rings. The lowest BCUT2D eigenvalue weighted by Crippen LogP contribution is -2.33. The third-order valence-electron chi connectivity index (χ3n) is 4.46. The Morgan fingerprint density at radius 2 is 1.62 bits per heavy atom. The molecular formula is C20H22FN3O2. The van der Waals surface area contributed by atoms with Gasteiger partial charge in [0.15, 0.2) is 0 Å². The number of nitrogens with zero attached hydrogens (tertiary/aromatic N) is 2. The van der Waals surface area contributed by atoms with Crippen LogP contribution in [0.25, 0.3) is 0 Å². The molecule has 1 N–H and O–H groups in total. The van der Waals surface area contributed by atoms with Crippen molar-refractivity contribution in [3.63, 3.8) is 0 Å². The maximum absolute atomic E-state index is 12.9. The van der Waals surface area contributed by atoms with E-state index in [0.29, 0.717) is 5.69 Å². The van der Waals surface area contributed by atoms with E-state index >= 15 is 0 Å². The quantitative estimate of drug-likeness (QED) is 0.916. The van der Waals surface area contributed by atoms with Crippen LogP contribution in [0.5, 0.6) is 0 Å². The third kappa shape index (κ3) is 4.65. The molecule has 1 fully saturated rings. The number of halogens is 1. The van der Waals surface area contributed by atoms with Crippen molar-refractivity contribution < 1.29 is 14.0 Å². The number of carbonyl (C=O) groups excluding carboxylic acids is 2. The summed E-state index contributed by atoms with van der Waals surface area (Å²) in [6, 6.07) is 10.8. The first-order chi connectivity index (χ1) is 12.6. The standard InChI is InChI=1S/C20H22FN3O2/c21-16-10-8-15(9-11-16)14-22-19(25)17-6-5-7-18(23-17)20(26)24-12-3-1-2-4-13-24/h5-11H,1-4,12-14H2,(H,22,25). The lowest BCUT2D eigenvalue weighted by Gasteiger charge is -2.19. The molecule has 1 saturated heterocycles. The monoisotopic (exact) mass is 355 g/mol. The summed E-state index contributed by atoms with van der Waals surface area (Å²) in [6.45, 7) is 1.74. The van der Waals surface area contributed by atoms with E-state index in [1.807, 2.05) is 4.90 Å². The molecule has 136 valence electrons. The topological polar surface area (TPSA) is 62.3 Å². The highest BCUT2D eigenvalue weighted by Gasteiger charge is 2.19. The van der Waals surface area contributed by atoms with Gasteiger partial charge in [0.05, 0.1) is 0 Å². The minimum atomic E-state index is -0.361. The highest BCUT2D eigenvalue weighted by Crippen LogP contribution is 2.13. The smallest absolute Gasteiger partial charge is 0.272 e. The predicted molar refractivity (Wildman–Crippen MR) is 96.2 cm³/mol. The molecule has 0 saturated carbocycles. The molecule has 5 nitrogen and oxygen atoms in total. The second kappa shape index (κ2) is 8.56. The average Bonchev–Trinajstić information content (AvgIpc) is 2.96. The van der Waals surface area contributed by atoms with E-state index in [0.717, 1.165) is 44.3 Å². The largest absolute Gasteiger partial charge is 0.347 e. The molecule has 0 atom stereocenters. The summed E-state index contributed by atoms with van der Waals surface area (Å²) < 4.78 is 12.9. The zero-order valence-corrected chi connectivity index (χ0v) is 14.6. The number of hydrogen-bond acceptors (Lipinski definition) is 3. The van der Waals surface area contributed by atoms with E-state index in [-0.39, 0.29) is 29.9 Å². The first kappa shape index (κ1) is 18.0. The fourth-order valence-corrected chi connectivity index (χ4v) is 2.99. The summed E-state index contributed by atoms with van der Waals surface area (Å²) in [4.78, 5) is 31.0. The van der Waals surface area contributed by atoms with Gasteiger partial charge in [0.25, 0.3) is 11.8 Å². The van der Waals surface area contributed by atoms with Crippen LogP contribution in [-0.2, 0) is 6.54 Å². The van der Waals surface area contributed by atoms with Crippen molar-refractivity contribution >= 4 is 11.8 Å². The van der Waals surface area contributed by atoms with Crippen LogP contribution in [-0.4, -0.2) is 34.8 Å². The lowest BCUT2D eigenvalue weighted by atomic mass is 10.2. The maximum atomic E-state index is 12.9. The van der Waals surface area contributed by atoms with Gasteiger partial charge < -0.3 is 10.2 Å². The van der Waals surface area contributed by atoms with Crippen molar-refractivity contribution in [3.8, 4) is 0 Å². The van der Waals surface area contributed by atoms with E-state index in [2.05, 4.69) is 10.3 Å². The second-order valence-electron chi connectivity index (χ2n) is 6.42. The number of pyridine rings is 1. The number of nitrogens with one attached hydrogen (secondary N) is 1. The Morgan fingerprint density at radius 3 is 2.31 bits per heavy atom. The Hall–Kier alpha value is -2.76. The molecule has 2 heterocycles. The van der Waals surface area contributed by atoms with Gasteiger partial charge in [-0.1, -0.05) is 31.0 Å². The van der Waals surface area contributed by atoms with Crippen molar-refractivity contribution in [2.75, 3.05) is 13.1 Å². The molecular weight excluding hydrogens is 333 g/mol. The molecule has 3 rings (SSSR count). The van der Waals surface area contributed by atoms with Crippen LogP contribution in [0.2, 0.25) is 0 Å². The van der Waals surface area contributed by atoms with E-state index in [1.165, 1.54) is 12.1 Å². The van der Waals surface area contributed by atoms with Gasteiger partial charge in [-0.15, -0.1) is 0 Å². The zero-order valence-electron chi connectivity index (χ0n) is 14.6. The third-order valence-corrected chi connectivity index (χ3v) is 4.46. The molecule has 1 aliphatic rings. The van der Waals surface area contributed by atoms with Gasteiger partial charge in [0.1, 0.15) is 17.2 Å². The van der Waals surface area contributed by atoms with Crippen molar-refractivity contribution in [2.24, 2.45) is 0 Å². The van der Waals surface area contributed by atoms with E-state index in [4.69, 9.17) is 0 Å². The number of amides is 2. The van der Waals surface area contributed by atoms with Crippen molar-refractivity contribution in [3.05, 3.63) is 65.2 Å². The summed E-state index contributed by atoms with van der Waals surface area (Å²) in [5, 5.41) is 2.74. The van der Waals surface area contributed by atoms with Crippen LogP contribution >= 0.6 is 0 Å². The Balaban J connectivity index is 1.64. The Morgan fingerprint density at radius 1 is 0.962 bits per heavy atom. The molecule has 26 heavy (non-hydrogen) atoms.